The summed E-state index contributed by atoms with van der Waals surface area (Å²) in [5.74, 6) is 1.23. The molecule has 4 heterocycles. The molecule has 0 N–H and O–H groups in total. The third-order valence-corrected chi connectivity index (χ3v) is 5.67. The molecule has 4 nitrogen and oxygen atoms in total. The second kappa shape index (κ2) is 3.61. The number of likely N-dealkylation sites (tertiary alicyclic amines) is 1. The number of ether oxygens (including phenoxy) is 2. The first-order valence-electron chi connectivity index (χ1n) is 7.79. The van der Waals surface area contributed by atoms with Crippen LogP contribution in [-0.2, 0) is 9.53 Å². The van der Waals surface area contributed by atoms with Gasteiger partial charge in [0.05, 0.1) is 30.2 Å². The molecule has 2 atom stereocenters. The summed E-state index contributed by atoms with van der Waals surface area (Å²) in [5, 5.41) is 0. The van der Waals surface area contributed by atoms with Crippen molar-refractivity contribution < 1.29 is 14.3 Å². The zero-order valence-corrected chi connectivity index (χ0v) is 12.2. The van der Waals surface area contributed by atoms with Gasteiger partial charge in [0.1, 0.15) is 11.9 Å². The summed E-state index contributed by atoms with van der Waals surface area (Å²) in [6.07, 6.45) is 2.85. The molecule has 5 aliphatic rings. The quantitative estimate of drug-likeness (QED) is 0.794. The Kier molecular flexibility index (Phi) is 2.07. The van der Waals surface area contributed by atoms with Crippen LogP contribution < -0.4 is 4.74 Å². The van der Waals surface area contributed by atoms with Gasteiger partial charge in [0.25, 0.3) is 0 Å². The number of fused-ring (bicyclic) bond motifs is 5. The fourth-order valence-corrected chi connectivity index (χ4v) is 4.86. The van der Waals surface area contributed by atoms with Crippen molar-refractivity contribution in [2.75, 3.05) is 13.2 Å². The van der Waals surface area contributed by atoms with Crippen molar-refractivity contribution in [3.8, 4) is 5.75 Å². The van der Waals surface area contributed by atoms with Gasteiger partial charge in [-0.25, -0.2) is 0 Å². The molecule has 21 heavy (non-hydrogen) atoms. The maximum Gasteiger partial charge on any atom is 0.231 e. The molecule has 4 aliphatic heterocycles. The van der Waals surface area contributed by atoms with Gasteiger partial charge < -0.3 is 14.4 Å². The van der Waals surface area contributed by atoms with E-state index in [1.807, 2.05) is 18.2 Å². The van der Waals surface area contributed by atoms with E-state index in [9.17, 15) is 4.79 Å². The highest BCUT2D eigenvalue weighted by atomic mass is 16.5. The normalized spacial score (nSPS) is 42.2. The standard InChI is InChI=1S/C17H19NO3/c1-16-8-17(9-16,10-20-16)15(19)18-7-11-6-13(18)12-4-2-3-5-14(12)21-11/h2-5,11,13H,6-10H2,1H3/t11-,13-,16?,17?/m0/s1. The second-order valence-electron chi connectivity index (χ2n) is 7.36. The molecule has 6 rings (SSSR count). The van der Waals surface area contributed by atoms with Gasteiger partial charge in [-0.05, 0) is 25.8 Å². The van der Waals surface area contributed by atoms with Gasteiger partial charge >= 0.3 is 0 Å². The van der Waals surface area contributed by atoms with Gasteiger partial charge in [0.15, 0.2) is 0 Å². The van der Waals surface area contributed by atoms with Crippen LogP contribution in [0.3, 0.4) is 0 Å². The van der Waals surface area contributed by atoms with Gasteiger partial charge in [-0.3, -0.25) is 4.79 Å². The first-order chi connectivity index (χ1) is 10.1. The van der Waals surface area contributed by atoms with Crippen molar-refractivity contribution in [1.29, 1.82) is 0 Å². The first kappa shape index (κ1) is 12.0. The number of hydrogen-bond acceptors (Lipinski definition) is 3. The lowest BCUT2D eigenvalue weighted by atomic mass is 9.62. The van der Waals surface area contributed by atoms with Gasteiger partial charge in [-0.1, -0.05) is 18.2 Å². The van der Waals surface area contributed by atoms with Crippen LogP contribution in [0.2, 0.25) is 0 Å². The van der Waals surface area contributed by atoms with E-state index in [0.717, 1.165) is 37.1 Å². The molecule has 4 bridgehead atoms. The van der Waals surface area contributed by atoms with E-state index in [1.54, 1.807) is 0 Å². The van der Waals surface area contributed by atoms with Crippen LogP contribution in [0.5, 0.6) is 5.75 Å². The van der Waals surface area contributed by atoms with Crippen molar-refractivity contribution in [3.63, 3.8) is 0 Å². The Bertz CT molecular complexity index is 635. The van der Waals surface area contributed by atoms with Crippen LogP contribution in [0, 0.1) is 5.41 Å². The van der Waals surface area contributed by atoms with Crippen LogP contribution in [0.25, 0.3) is 0 Å². The highest BCUT2D eigenvalue weighted by Crippen LogP contribution is 2.59. The number of para-hydroxylation sites is 1. The molecular formula is C17H19NO3. The van der Waals surface area contributed by atoms with Crippen LogP contribution in [-0.4, -0.2) is 35.7 Å². The third kappa shape index (κ3) is 1.46. The average molecular weight is 285 g/mol. The Labute approximate surface area is 124 Å². The molecular weight excluding hydrogens is 266 g/mol. The summed E-state index contributed by atoms with van der Waals surface area (Å²) >= 11 is 0. The number of rotatable bonds is 1. The lowest BCUT2D eigenvalue weighted by Crippen LogP contribution is -2.52. The Morgan fingerprint density at radius 3 is 2.90 bits per heavy atom. The molecule has 1 aromatic rings. The monoisotopic (exact) mass is 285 g/mol. The number of benzene rings is 1. The van der Waals surface area contributed by atoms with Crippen LogP contribution in [0.1, 0.15) is 37.8 Å². The van der Waals surface area contributed by atoms with Crippen molar-refractivity contribution in [2.45, 2.75) is 43.9 Å². The summed E-state index contributed by atoms with van der Waals surface area (Å²) in [4.78, 5) is 15.2. The van der Waals surface area contributed by atoms with E-state index in [4.69, 9.17) is 9.47 Å². The zero-order valence-electron chi connectivity index (χ0n) is 12.2. The molecule has 1 saturated carbocycles. The number of nitrogens with zero attached hydrogens (tertiary/aromatic N) is 1. The van der Waals surface area contributed by atoms with E-state index >= 15 is 0 Å². The summed E-state index contributed by atoms with van der Waals surface area (Å²) < 4.78 is 11.8. The van der Waals surface area contributed by atoms with E-state index in [0.29, 0.717) is 6.61 Å². The molecule has 4 heteroatoms. The lowest BCUT2D eigenvalue weighted by Gasteiger charge is -2.43. The summed E-state index contributed by atoms with van der Waals surface area (Å²) in [7, 11) is 0. The predicted molar refractivity (Wildman–Crippen MR) is 76.0 cm³/mol. The maximum atomic E-state index is 13.1. The smallest absolute Gasteiger partial charge is 0.231 e. The topological polar surface area (TPSA) is 38.8 Å². The summed E-state index contributed by atoms with van der Waals surface area (Å²) in [6.45, 7) is 3.43. The SMILES string of the molecule is CC12CC(C(=O)N3C[C@@H]4C[C@H]3c3ccccc3O4)(CO1)C2. The molecule has 110 valence electrons. The fraction of sp³-hybridized carbons (Fsp3) is 0.588. The van der Waals surface area contributed by atoms with Gasteiger partial charge in [-0.15, -0.1) is 0 Å². The average Bonchev–Trinajstić information content (AvgIpc) is 3.08. The van der Waals surface area contributed by atoms with Gasteiger partial charge in [-0.2, -0.15) is 0 Å². The number of carbonyl (C=O) groups excluding carboxylic acids is 1. The minimum Gasteiger partial charge on any atom is -0.488 e. The molecule has 0 radical (unpaired) electrons. The Morgan fingerprint density at radius 2 is 2.14 bits per heavy atom. The zero-order chi connectivity index (χ0) is 14.2. The minimum absolute atomic E-state index is 0.0428. The predicted octanol–water partition coefficient (Wildman–Crippen LogP) is 2.29. The minimum atomic E-state index is -0.249. The van der Waals surface area contributed by atoms with E-state index in [2.05, 4.69) is 17.9 Å². The van der Waals surface area contributed by atoms with Crippen molar-refractivity contribution >= 4 is 5.91 Å². The highest BCUT2D eigenvalue weighted by Gasteiger charge is 2.65. The summed E-state index contributed by atoms with van der Waals surface area (Å²) in [6, 6.07) is 8.32. The molecule has 1 amide bonds. The number of amides is 1. The van der Waals surface area contributed by atoms with E-state index in [-0.39, 0.29) is 29.1 Å². The summed E-state index contributed by atoms with van der Waals surface area (Å²) in [5.41, 5.74) is 0.872. The van der Waals surface area contributed by atoms with Crippen molar-refractivity contribution in [1.82, 2.24) is 4.90 Å². The van der Waals surface area contributed by atoms with Crippen LogP contribution in [0.15, 0.2) is 24.3 Å². The molecule has 0 unspecified atom stereocenters. The number of hydrogen-bond donors (Lipinski definition) is 0. The van der Waals surface area contributed by atoms with Crippen molar-refractivity contribution in [3.05, 3.63) is 29.8 Å². The Balaban J connectivity index is 1.48. The molecule has 0 aromatic heterocycles. The van der Waals surface area contributed by atoms with E-state index < -0.39 is 0 Å². The molecule has 0 spiro atoms. The number of carbonyl (C=O) groups is 1. The van der Waals surface area contributed by atoms with Crippen molar-refractivity contribution in [2.24, 2.45) is 5.41 Å². The van der Waals surface area contributed by atoms with Gasteiger partial charge in [0.2, 0.25) is 5.91 Å². The Morgan fingerprint density at radius 1 is 1.33 bits per heavy atom. The van der Waals surface area contributed by atoms with Gasteiger partial charge in [0, 0.05) is 12.0 Å². The largest absolute Gasteiger partial charge is 0.488 e. The fourth-order valence-electron chi connectivity index (χ4n) is 4.86. The maximum absolute atomic E-state index is 13.1. The molecule has 3 saturated heterocycles. The Hall–Kier alpha value is -1.55. The van der Waals surface area contributed by atoms with E-state index in [1.165, 1.54) is 0 Å². The molecule has 1 aliphatic carbocycles. The second-order valence-corrected chi connectivity index (χ2v) is 7.36. The molecule has 1 aromatic carbocycles. The van der Waals surface area contributed by atoms with Crippen LogP contribution >= 0.6 is 0 Å². The molecule has 4 fully saturated rings. The highest BCUT2D eigenvalue weighted by molar-refractivity contribution is 5.86. The van der Waals surface area contributed by atoms with Crippen LogP contribution in [0.4, 0.5) is 0 Å². The third-order valence-electron chi connectivity index (χ3n) is 5.67. The first-order valence-corrected chi connectivity index (χ1v) is 7.79. The lowest BCUT2D eigenvalue weighted by molar-refractivity contribution is -0.147.